The van der Waals surface area contributed by atoms with Crippen molar-refractivity contribution in [2.45, 2.75) is 11.8 Å². The smallest absolute Gasteiger partial charge is 0.243 e. The van der Waals surface area contributed by atoms with Gasteiger partial charge in [0.1, 0.15) is 11.6 Å². The van der Waals surface area contributed by atoms with Gasteiger partial charge in [0, 0.05) is 38.9 Å². The number of anilines is 1. The summed E-state index contributed by atoms with van der Waals surface area (Å²) in [6, 6.07) is 12.4. The van der Waals surface area contributed by atoms with Crippen molar-refractivity contribution in [3.8, 4) is 5.75 Å². The molecule has 9 heteroatoms. The number of benzene rings is 2. The number of nitrogens with zero attached hydrogens (tertiary/aromatic N) is 3. The molecule has 0 saturated carbocycles. The van der Waals surface area contributed by atoms with E-state index >= 15 is 0 Å². The molecule has 7 nitrogen and oxygen atoms in total. The van der Waals surface area contributed by atoms with Crippen molar-refractivity contribution in [2.24, 2.45) is 0 Å². The highest BCUT2D eigenvalue weighted by Crippen LogP contribution is 2.20. The Balaban J connectivity index is 1.56. The maximum Gasteiger partial charge on any atom is 0.243 e. The van der Waals surface area contributed by atoms with E-state index in [-0.39, 0.29) is 23.2 Å². The molecule has 162 valence electrons. The van der Waals surface area contributed by atoms with Crippen molar-refractivity contribution in [3.05, 3.63) is 54.3 Å². The number of hydrogen-bond donors (Lipinski definition) is 0. The van der Waals surface area contributed by atoms with Crippen LogP contribution >= 0.6 is 0 Å². The Kier molecular flexibility index (Phi) is 6.94. The number of halogens is 1. The average molecular weight is 436 g/mol. The van der Waals surface area contributed by atoms with Crippen molar-refractivity contribution >= 4 is 21.6 Å². The van der Waals surface area contributed by atoms with E-state index in [2.05, 4.69) is 4.90 Å². The van der Waals surface area contributed by atoms with Crippen molar-refractivity contribution in [2.75, 3.05) is 51.3 Å². The highest BCUT2D eigenvalue weighted by molar-refractivity contribution is 7.89. The van der Waals surface area contributed by atoms with Gasteiger partial charge in [-0.15, -0.1) is 0 Å². The minimum absolute atomic E-state index is 0.113. The highest BCUT2D eigenvalue weighted by atomic mass is 32.2. The zero-order chi connectivity index (χ0) is 21.7. The number of ether oxygens (including phenoxy) is 1. The van der Waals surface area contributed by atoms with Gasteiger partial charge in [-0.2, -0.15) is 4.31 Å². The fourth-order valence-electron chi connectivity index (χ4n) is 3.30. The first-order valence-electron chi connectivity index (χ1n) is 9.78. The first kappa shape index (κ1) is 22.0. The first-order valence-corrected chi connectivity index (χ1v) is 11.2. The molecule has 0 spiro atoms. The minimum Gasteiger partial charge on any atom is -0.494 e. The van der Waals surface area contributed by atoms with Gasteiger partial charge in [-0.3, -0.25) is 4.79 Å². The third-order valence-electron chi connectivity index (χ3n) is 5.02. The Hall–Kier alpha value is -2.65. The number of rotatable bonds is 7. The van der Waals surface area contributed by atoms with Crippen LogP contribution in [0, 0.1) is 5.82 Å². The summed E-state index contributed by atoms with van der Waals surface area (Å²) in [5.74, 6) is 0.0595. The molecule has 0 radical (unpaired) electrons. The van der Waals surface area contributed by atoms with Gasteiger partial charge in [0.05, 0.1) is 18.0 Å². The molecule has 1 fully saturated rings. The van der Waals surface area contributed by atoms with E-state index < -0.39 is 10.0 Å². The number of carbonyl (C=O) groups excluding carboxylic acids is 1. The fourth-order valence-corrected chi connectivity index (χ4v) is 4.42. The molecule has 2 aromatic rings. The van der Waals surface area contributed by atoms with Gasteiger partial charge in [0.25, 0.3) is 0 Å². The largest absolute Gasteiger partial charge is 0.494 e. The number of carbonyl (C=O) groups is 1. The molecule has 0 atom stereocenters. The molecule has 1 heterocycles. The molecular formula is C21H26FN3O4S. The third-order valence-corrected chi connectivity index (χ3v) is 6.84. The second kappa shape index (κ2) is 9.44. The topological polar surface area (TPSA) is 70.2 Å². The predicted octanol–water partition coefficient (Wildman–Crippen LogP) is 2.19. The molecule has 0 aromatic heterocycles. The van der Waals surface area contributed by atoms with Crippen molar-refractivity contribution < 1.29 is 22.3 Å². The molecular weight excluding hydrogens is 409 g/mol. The molecule has 0 aliphatic carbocycles. The van der Waals surface area contributed by atoms with Gasteiger partial charge in [-0.1, -0.05) is 0 Å². The van der Waals surface area contributed by atoms with Crippen LogP contribution in [0.1, 0.15) is 6.92 Å². The number of sulfonamides is 1. The summed E-state index contributed by atoms with van der Waals surface area (Å²) in [5.41, 5.74) is 0.902. The van der Waals surface area contributed by atoms with Crippen LogP contribution in [-0.4, -0.2) is 69.9 Å². The molecule has 0 unspecified atom stereocenters. The van der Waals surface area contributed by atoms with Crippen LogP contribution in [-0.2, 0) is 14.8 Å². The standard InChI is InChI=1S/C21H26FN3O4S/c1-3-29-19-8-10-20(11-9-19)30(27,28)23(2)16-21(26)25-14-12-24(13-15-25)18-6-4-17(22)5-7-18/h4-11H,3,12-16H2,1-2H3. The molecule has 2 aromatic carbocycles. The van der Waals surface area contributed by atoms with Gasteiger partial charge in [-0.25, -0.2) is 12.8 Å². The van der Waals surface area contributed by atoms with E-state index in [0.717, 1.165) is 9.99 Å². The average Bonchev–Trinajstić information content (AvgIpc) is 2.75. The minimum atomic E-state index is -3.78. The number of hydrogen-bond acceptors (Lipinski definition) is 5. The maximum absolute atomic E-state index is 13.1. The lowest BCUT2D eigenvalue weighted by Crippen LogP contribution is -2.51. The molecule has 0 bridgehead atoms. The molecule has 1 aliphatic rings. The Morgan fingerprint density at radius 3 is 2.20 bits per heavy atom. The van der Waals surface area contributed by atoms with E-state index in [1.807, 2.05) is 6.92 Å². The zero-order valence-corrected chi connectivity index (χ0v) is 17.9. The van der Waals surface area contributed by atoms with E-state index in [9.17, 15) is 17.6 Å². The Bertz CT molecular complexity index is 957. The van der Waals surface area contributed by atoms with Gasteiger partial charge >= 0.3 is 0 Å². The predicted molar refractivity (Wildman–Crippen MR) is 113 cm³/mol. The number of amides is 1. The van der Waals surface area contributed by atoms with Crippen LogP contribution in [0.2, 0.25) is 0 Å². The molecule has 30 heavy (non-hydrogen) atoms. The van der Waals surface area contributed by atoms with E-state index in [1.165, 1.54) is 31.3 Å². The van der Waals surface area contributed by atoms with Gasteiger partial charge in [-0.05, 0) is 55.5 Å². The lowest BCUT2D eigenvalue weighted by atomic mass is 10.2. The van der Waals surface area contributed by atoms with Gasteiger partial charge in [0.2, 0.25) is 15.9 Å². The quantitative estimate of drug-likeness (QED) is 0.667. The van der Waals surface area contributed by atoms with Gasteiger partial charge < -0.3 is 14.5 Å². The lowest BCUT2D eigenvalue weighted by Gasteiger charge is -2.36. The Morgan fingerprint density at radius 1 is 1.03 bits per heavy atom. The van der Waals surface area contributed by atoms with Gasteiger partial charge in [0.15, 0.2) is 0 Å². The number of likely N-dealkylation sites (N-methyl/N-ethyl adjacent to an activating group) is 1. The van der Waals surface area contributed by atoms with Crippen molar-refractivity contribution in [1.82, 2.24) is 9.21 Å². The SMILES string of the molecule is CCOc1ccc(S(=O)(=O)N(C)CC(=O)N2CCN(c3ccc(F)cc3)CC2)cc1. The normalized spacial score (nSPS) is 14.8. The summed E-state index contributed by atoms with van der Waals surface area (Å²) in [6.45, 7) is 4.28. The molecule has 1 aliphatic heterocycles. The van der Waals surface area contributed by atoms with Crippen molar-refractivity contribution in [3.63, 3.8) is 0 Å². The van der Waals surface area contributed by atoms with E-state index in [1.54, 1.807) is 29.2 Å². The molecule has 1 saturated heterocycles. The molecule has 1 amide bonds. The second-order valence-corrected chi connectivity index (χ2v) is 9.05. The maximum atomic E-state index is 13.1. The summed E-state index contributed by atoms with van der Waals surface area (Å²) in [4.78, 5) is 16.5. The Labute approximate surface area is 176 Å². The van der Waals surface area contributed by atoms with Crippen LogP contribution in [0.25, 0.3) is 0 Å². The van der Waals surface area contributed by atoms with E-state index in [0.29, 0.717) is 38.5 Å². The van der Waals surface area contributed by atoms with Crippen molar-refractivity contribution in [1.29, 1.82) is 0 Å². The monoisotopic (exact) mass is 435 g/mol. The second-order valence-electron chi connectivity index (χ2n) is 7.01. The Morgan fingerprint density at radius 2 is 1.63 bits per heavy atom. The van der Waals surface area contributed by atoms with E-state index in [4.69, 9.17) is 4.74 Å². The first-order chi connectivity index (χ1) is 14.3. The highest BCUT2D eigenvalue weighted by Gasteiger charge is 2.27. The zero-order valence-electron chi connectivity index (χ0n) is 17.1. The summed E-state index contributed by atoms with van der Waals surface area (Å²) >= 11 is 0. The lowest BCUT2D eigenvalue weighted by molar-refractivity contribution is -0.131. The number of piperazine rings is 1. The molecule has 3 rings (SSSR count). The summed E-state index contributed by atoms with van der Waals surface area (Å²) in [7, 11) is -2.38. The third kappa shape index (κ3) is 5.09. The molecule has 0 N–H and O–H groups in total. The fraction of sp³-hybridized carbons (Fsp3) is 0.381. The van der Waals surface area contributed by atoms with Crippen LogP contribution in [0.5, 0.6) is 5.75 Å². The van der Waals surface area contributed by atoms with Crippen LogP contribution in [0.4, 0.5) is 10.1 Å². The summed E-state index contributed by atoms with van der Waals surface area (Å²) in [5, 5.41) is 0. The van der Waals surface area contributed by atoms with Crippen LogP contribution in [0.3, 0.4) is 0 Å². The van der Waals surface area contributed by atoms with Crippen LogP contribution < -0.4 is 9.64 Å². The summed E-state index contributed by atoms with van der Waals surface area (Å²) in [6.07, 6.45) is 0. The summed E-state index contributed by atoms with van der Waals surface area (Å²) < 4.78 is 45.0. The van der Waals surface area contributed by atoms with Crippen LogP contribution in [0.15, 0.2) is 53.4 Å².